The van der Waals surface area contributed by atoms with Crippen molar-refractivity contribution in [1.29, 1.82) is 0 Å². The Bertz CT molecular complexity index is 472. The van der Waals surface area contributed by atoms with Gasteiger partial charge in [-0.2, -0.15) is 0 Å². The van der Waals surface area contributed by atoms with Crippen LogP contribution < -0.4 is 0 Å². The summed E-state index contributed by atoms with van der Waals surface area (Å²) in [6.45, 7) is 5.61. The summed E-state index contributed by atoms with van der Waals surface area (Å²) in [6, 6.07) is 0. The molecular formula is C30H56O4. The summed E-state index contributed by atoms with van der Waals surface area (Å²) in [5.74, 6) is -0.0474. The molecule has 0 spiro atoms. The van der Waals surface area contributed by atoms with E-state index in [0.29, 0.717) is 26.1 Å². The first-order chi connectivity index (χ1) is 16.7. The van der Waals surface area contributed by atoms with E-state index in [1.54, 1.807) is 0 Å². The highest BCUT2D eigenvalue weighted by molar-refractivity contribution is 5.69. The van der Waals surface area contributed by atoms with Crippen molar-refractivity contribution in [1.82, 2.24) is 0 Å². The van der Waals surface area contributed by atoms with Crippen molar-refractivity contribution in [3.63, 3.8) is 0 Å². The van der Waals surface area contributed by atoms with E-state index in [0.717, 1.165) is 57.8 Å². The molecular weight excluding hydrogens is 424 g/mol. The molecule has 4 heteroatoms. The van der Waals surface area contributed by atoms with Gasteiger partial charge in [-0.15, -0.1) is 0 Å². The second kappa shape index (κ2) is 27.9. The molecule has 0 bridgehead atoms. The fourth-order valence-electron chi connectivity index (χ4n) is 3.93. The molecule has 0 aliphatic rings. The summed E-state index contributed by atoms with van der Waals surface area (Å²) in [5.41, 5.74) is 0. The minimum atomic E-state index is -0.0271. The average molecular weight is 481 g/mol. The fourth-order valence-corrected chi connectivity index (χ4v) is 3.93. The Kier molecular flexibility index (Phi) is 26.8. The van der Waals surface area contributed by atoms with Gasteiger partial charge in [0.05, 0.1) is 13.2 Å². The molecule has 0 N–H and O–H groups in total. The molecule has 0 heterocycles. The van der Waals surface area contributed by atoms with Crippen LogP contribution in [-0.4, -0.2) is 25.2 Å². The van der Waals surface area contributed by atoms with E-state index in [1.165, 1.54) is 70.6 Å². The molecule has 0 aliphatic carbocycles. The van der Waals surface area contributed by atoms with Gasteiger partial charge >= 0.3 is 11.9 Å². The van der Waals surface area contributed by atoms with Crippen molar-refractivity contribution < 1.29 is 19.1 Å². The quantitative estimate of drug-likeness (QED) is 0.0703. The van der Waals surface area contributed by atoms with Gasteiger partial charge in [-0.05, 0) is 51.4 Å². The van der Waals surface area contributed by atoms with Crippen LogP contribution in [-0.2, 0) is 19.1 Å². The highest BCUT2D eigenvalue weighted by Gasteiger charge is 2.03. The van der Waals surface area contributed by atoms with Crippen LogP contribution in [0.3, 0.4) is 0 Å². The predicted molar refractivity (Wildman–Crippen MR) is 144 cm³/mol. The van der Waals surface area contributed by atoms with Gasteiger partial charge in [-0.1, -0.05) is 103 Å². The molecule has 0 aromatic carbocycles. The van der Waals surface area contributed by atoms with Crippen LogP contribution in [0.15, 0.2) is 12.2 Å². The Labute approximate surface area is 211 Å². The van der Waals surface area contributed by atoms with Crippen LogP contribution in [0.25, 0.3) is 0 Å². The lowest BCUT2D eigenvalue weighted by atomic mass is 10.1. The molecule has 0 aliphatic heterocycles. The summed E-state index contributed by atoms with van der Waals surface area (Å²) >= 11 is 0. The molecule has 0 saturated heterocycles. The van der Waals surface area contributed by atoms with Gasteiger partial charge < -0.3 is 9.47 Å². The average Bonchev–Trinajstić information content (AvgIpc) is 2.83. The molecule has 0 unspecified atom stereocenters. The molecule has 0 fully saturated rings. The summed E-state index contributed by atoms with van der Waals surface area (Å²) in [5, 5.41) is 0. The number of carbonyl (C=O) groups excluding carboxylic acids is 2. The lowest BCUT2D eigenvalue weighted by Crippen LogP contribution is -2.05. The Morgan fingerprint density at radius 2 is 0.824 bits per heavy atom. The topological polar surface area (TPSA) is 52.6 Å². The predicted octanol–water partition coefficient (Wildman–Crippen LogP) is 9.25. The number of unbranched alkanes of at least 4 members (excludes halogenated alkanes) is 16. The first kappa shape index (κ1) is 32.7. The minimum Gasteiger partial charge on any atom is -0.466 e. The van der Waals surface area contributed by atoms with Crippen molar-refractivity contribution in [2.75, 3.05) is 13.2 Å². The fraction of sp³-hybridized carbons (Fsp3) is 0.867. The van der Waals surface area contributed by atoms with Crippen LogP contribution in [0.4, 0.5) is 0 Å². The second-order valence-electron chi connectivity index (χ2n) is 9.65. The van der Waals surface area contributed by atoms with Crippen LogP contribution >= 0.6 is 0 Å². The smallest absolute Gasteiger partial charge is 0.305 e. The third kappa shape index (κ3) is 26.9. The SMILES string of the molecule is CCCCCCCOC(=O)CCCCC/C=C/CCCCCCCC(=O)OCCCCCCC. The molecule has 200 valence electrons. The maximum Gasteiger partial charge on any atom is 0.305 e. The third-order valence-corrected chi connectivity index (χ3v) is 6.19. The van der Waals surface area contributed by atoms with Crippen molar-refractivity contribution in [3.05, 3.63) is 12.2 Å². The summed E-state index contributed by atoms with van der Waals surface area (Å²) in [7, 11) is 0. The summed E-state index contributed by atoms with van der Waals surface area (Å²) in [6.07, 6.45) is 28.8. The van der Waals surface area contributed by atoms with Gasteiger partial charge in [0.2, 0.25) is 0 Å². The molecule has 0 aromatic heterocycles. The van der Waals surface area contributed by atoms with E-state index in [2.05, 4.69) is 26.0 Å². The number of carbonyl (C=O) groups is 2. The van der Waals surface area contributed by atoms with E-state index in [1.807, 2.05) is 0 Å². The molecule has 0 amide bonds. The monoisotopic (exact) mass is 480 g/mol. The molecule has 0 saturated carbocycles. The maximum atomic E-state index is 11.7. The highest BCUT2D eigenvalue weighted by atomic mass is 16.5. The number of ether oxygens (including phenoxy) is 2. The van der Waals surface area contributed by atoms with E-state index in [-0.39, 0.29) is 11.9 Å². The zero-order valence-corrected chi connectivity index (χ0v) is 22.8. The Balaban J connectivity index is 3.28. The van der Waals surface area contributed by atoms with Crippen LogP contribution in [0, 0.1) is 0 Å². The highest BCUT2D eigenvalue weighted by Crippen LogP contribution is 2.10. The molecule has 0 atom stereocenters. The molecule has 0 rings (SSSR count). The Morgan fingerprint density at radius 1 is 0.471 bits per heavy atom. The molecule has 4 nitrogen and oxygen atoms in total. The first-order valence-electron chi connectivity index (χ1n) is 14.7. The van der Waals surface area contributed by atoms with Gasteiger partial charge in [0.15, 0.2) is 0 Å². The van der Waals surface area contributed by atoms with E-state index >= 15 is 0 Å². The Hall–Kier alpha value is -1.32. The van der Waals surface area contributed by atoms with Gasteiger partial charge in [-0.3, -0.25) is 9.59 Å². The normalized spacial score (nSPS) is 11.2. The number of esters is 2. The Morgan fingerprint density at radius 3 is 1.29 bits per heavy atom. The van der Waals surface area contributed by atoms with Gasteiger partial charge in [0.25, 0.3) is 0 Å². The van der Waals surface area contributed by atoms with Crippen molar-refractivity contribution in [2.24, 2.45) is 0 Å². The van der Waals surface area contributed by atoms with Crippen molar-refractivity contribution in [3.8, 4) is 0 Å². The second-order valence-corrected chi connectivity index (χ2v) is 9.65. The lowest BCUT2D eigenvalue weighted by Gasteiger charge is -2.05. The van der Waals surface area contributed by atoms with E-state index < -0.39 is 0 Å². The van der Waals surface area contributed by atoms with Crippen molar-refractivity contribution >= 4 is 11.9 Å². The maximum absolute atomic E-state index is 11.7. The number of rotatable bonds is 26. The minimum absolute atomic E-state index is 0.0203. The summed E-state index contributed by atoms with van der Waals surface area (Å²) < 4.78 is 10.6. The van der Waals surface area contributed by atoms with Crippen LogP contribution in [0.2, 0.25) is 0 Å². The van der Waals surface area contributed by atoms with Crippen LogP contribution in [0.1, 0.15) is 155 Å². The number of allylic oxidation sites excluding steroid dienone is 2. The molecule has 34 heavy (non-hydrogen) atoms. The largest absolute Gasteiger partial charge is 0.466 e. The van der Waals surface area contributed by atoms with Gasteiger partial charge in [0, 0.05) is 12.8 Å². The standard InChI is InChI=1S/C30H56O4/c1-3-5-7-19-23-27-33-29(31)25-21-17-15-13-11-9-10-12-14-16-18-22-26-30(32)34-28-24-20-8-6-4-2/h9,11H,3-8,10,12-28H2,1-2H3/b11-9+. The third-order valence-electron chi connectivity index (χ3n) is 6.19. The first-order valence-corrected chi connectivity index (χ1v) is 14.7. The zero-order valence-electron chi connectivity index (χ0n) is 22.8. The van der Waals surface area contributed by atoms with Gasteiger partial charge in [0.1, 0.15) is 0 Å². The van der Waals surface area contributed by atoms with E-state index in [9.17, 15) is 9.59 Å². The van der Waals surface area contributed by atoms with Crippen LogP contribution in [0.5, 0.6) is 0 Å². The number of hydrogen-bond donors (Lipinski definition) is 0. The number of hydrogen-bond acceptors (Lipinski definition) is 4. The van der Waals surface area contributed by atoms with E-state index in [4.69, 9.17) is 9.47 Å². The zero-order chi connectivity index (χ0) is 25.0. The van der Waals surface area contributed by atoms with Crippen molar-refractivity contribution in [2.45, 2.75) is 155 Å². The lowest BCUT2D eigenvalue weighted by molar-refractivity contribution is -0.144. The molecule has 0 aromatic rings. The molecule has 0 radical (unpaired) electrons. The summed E-state index contributed by atoms with van der Waals surface area (Å²) in [4.78, 5) is 23.4. The van der Waals surface area contributed by atoms with Gasteiger partial charge in [-0.25, -0.2) is 0 Å².